The SMILES string of the molecule is O=S(=O)(O)c1c(Cl)cc(C(F)(F)F)c(Cc2c(C(F)(F)F)cc(Cl)c(S(=O)(=O)O)c2Cl)c1Cl. The lowest BCUT2D eigenvalue weighted by Gasteiger charge is -2.21. The normalized spacial score (nSPS) is 13.5. The highest BCUT2D eigenvalue weighted by atomic mass is 35.5. The topological polar surface area (TPSA) is 109 Å². The van der Waals surface area contributed by atoms with E-state index < -0.39 is 91.1 Å². The van der Waals surface area contributed by atoms with E-state index in [1.165, 1.54) is 0 Å². The maximum absolute atomic E-state index is 13.6. The molecule has 18 heteroatoms. The summed E-state index contributed by atoms with van der Waals surface area (Å²) < 4.78 is 146. The third-order valence-corrected chi connectivity index (χ3v) is 7.79. The zero-order chi connectivity index (χ0) is 25.9. The minimum Gasteiger partial charge on any atom is -0.282 e. The first-order valence-corrected chi connectivity index (χ1v) is 12.1. The van der Waals surface area contributed by atoms with Gasteiger partial charge in [-0.25, -0.2) is 0 Å². The maximum Gasteiger partial charge on any atom is 0.416 e. The second-order valence-corrected chi connectivity index (χ2v) is 10.5. The fourth-order valence-electron chi connectivity index (χ4n) is 2.78. The van der Waals surface area contributed by atoms with E-state index in [2.05, 4.69) is 0 Å². The summed E-state index contributed by atoms with van der Waals surface area (Å²) in [5, 5.41) is -5.19. The molecule has 0 spiro atoms. The van der Waals surface area contributed by atoms with Crippen LogP contribution in [0.2, 0.25) is 20.1 Å². The van der Waals surface area contributed by atoms with Crippen LogP contribution in [-0.2, 0) is 39.0 Å². The standard InChI is InChI=1S/C15H6Cl4F6O6S2/c16-8-2-6(14(20,21)22)4(10(18)12(8)32(26,27)28)1-5-7(15(23,24)25)3-9(17)13(11(5)19)33(29,30)31/h2-3H,1H2,(H,26,27,28)(H,29,30,31). The second-order valence-electron chi connectivity index (χ2n) is 6.18. The first-order chi connectivity index (χ1) is 14.6. The molecule has 0 aliphatic heterocycles. The number of rotatable bonds is 4. The fourth-order valence-corrected chi connectivity index (χ4v) is 6.30. The van der Waals surface area contributed by atoms with E-state index in [-0.39, 0.29) is 12.1 Å². The number of hydrogen-bond donors (Lipinski definition) is 2. The minimum absolute atomic E-state index is 0.00729. The Morgan fingerprint density at radius 1 is 0.667 bits per heavy atom. The van der Waals surface area contributed by atoms with Crippen LogP contribution in [0.4, 0.5) is 26.3 Å². The van der Waals surface area contributed by atoms with Crippen molar-refractivity contribution >= 4 is 66.6 Å². The Kier molecular flexibility index (Phi) is 7.61. The summed E-state index contributed by atoms with van der Waals surface area (Å²) in [7, 11) is -10.7. The van der Waals surface area contributed by atoms with Gasteiger partial charge in [0.1, 0.15) is 9.79 Å². The summed E-state index contributed by atoms with van der Waals surface area (Å²) in [5.74, 6) is 0. The van der Waals surface area contributed by atoms with E-state index in [4.69, 9.17) is 46.4 Å². The van der Waals surface area contributed by atoms with Gasteiger partial charge in [-0.2, -0.15) is 43.2 Å². The van der Waals surface area contributed by atoms with Crippen LogP contribution in [0.5, 0.6) is 0 Å². The van der Waals surface area contributed by atoms with Crippen molar-refractivity contribution in [3.05, 3.63) is 54.5 Å². The summed E-state index contributed by atoms with van der Waals surface area (Å²) in [6.07, 6.45) is -12.3. The molecular weight excluding hydrogens is 596 g/mol. The van der Waals surface area contributed by atoms with Gasteiger partial charge in [0.05, 0.1) is 31.2 Å². The van der Waals surface area contributed by atoms with Gasteiger partial charge in [-0.3, -0.25) is 9.11 Å². The van der Waals surface area contributed by atoms with Crippen molar-refractivity contribution in [3.63, 3.8) is 0 Å². The molecule has 0 bridgehead atoms. The average molecular weight is 602 g/mol. The van der Waals surface area contributed by atoms with Crippen LogP contribution in [-0.4, -0.2) is 25.9 Å². The molecule has 0 fully saturated rings. The zero-order valence-electron chi connectivity index (χ0n) is 15.0. The summed E-state index contributed by atoms with van der Waals surface area (Å²) in [5.41, 5.74) is -6.32. The summed E-state index contributed by atoms with van der Waals surface area (Å²) in [6, 6.07) is -0.0146. The van der Waals surface area contributed by atoms with Gasteiger partial charge in [0, 0.05) is 6.42 Å². The lowest BCUT2D eigenvalue weighted by Crippen LogP contribution is -2.17. The molecule has 0 aliphatic rings. The Labute approximate surface area is 201 Å². The Morgan fingerprint density at radius 3 is 1.15 bits per heavy atom. The Hall–Kier alpha value is -1.00. The van der Waals surface area contributed by atoms with Crippen LogP contribution in [0, 0.1) is 0 Å². The summed E-state index contributed by atoms with van der Waals surface area (Å²) in [6.45, 7) is 0. The highest BCUT2D eigenvalue weighted by Gasteiger charge is 2.41. The van der Waals surface area contributed by atoms with Crippen LogP contribution in [0.3, 0.4) is 0 Å². The van der Waals surface area contributed by atoms with Gasteiger partial charge in [0.15, 0.2) is 0 Å². The maximum atomic E-state index is 13.6. The molecule has 0 aliphatic carbocycles. The molecule has 6 nitrogen and oxygen atoms in total. The Bertz CT molecular complexity index is 1250. The zero-order valence-corrected chi connectivity index (χ0v) is 19.6. The van der Waals surface area contributed by atoms with E-state index in [9.17, 15) is 52.3 Å². The fraction of sp³-hybridized carbons (Fsp3) is 0.200. The molecule has 2 aromatic rings. The van der Waals surface area contributed by atoms with E-state index in [1.807, 2.05) is 0 Å². The Balaban J connectivity index is 3.07. The number of halogens is 10. The van der Waals surface area contributed by atoms with Gasteiger partial charge < -0.3 is 0 Å². The molecule has 0 aromatic heterocycles. The first-order valence-electron chi connectivity index (χ1n) is 7.69. The van der Waals surface area contributed by atoms with Crippen molar-refractivity contribution in [2.24, 2.45) is 0 Å². The molecule has 2 N–H and O–H groups in total. The average Bonchev–Trinajstić information content (AvgIpc) is 2.54. The molecule has 0 atom stereocenters. The van der Waals surface area contributed by atoms with Crippen molar-refractivity contribution in [1.29, 1.82) is 0 Å². The number of benzene rings is 2. The van der Waals surface area contributed by atoms with E-state index in [0.29, 0.717) is 0 Å². The molecule has 0 saturated heterocycles. The lowest BCUT2D eigenvalue weighted by molar-refractivity contribution is -0.138. The highest BCUT2D eigenvalue weighted by Crippen LogP contribution is 2.46. The predicted octanol–water partition coefficient (Wildman–Crippen LogP) is 6.42. The molecular formula is C15H6Cl4F6O6S2. The van der Waals surface area contributed by atoms with Crippen molar-refractivity contribution < 1.29 is 52.3 Å². The van der Waals surface area contributed by atoms with E-state index >= 15 is 0 Å². The van der Waals surface area contributed by atoms with Gasteiger partial charge in [0.2, 0.25) is 0 Å². The quantitative estimate of drug-likeness (QED) is 0.309. The first kappa shape index (κ1) is 28.2. The molecule has 0 unspecified atom stereocenters. The van der Waals surface area contributed by atoms with Gasteiger partial charge in [-0.05, 0) is 23.3 Å². The largest absolute Gasteiger partial charge is 0.416 e. The monoisotopic (exact) mass is 600 g/mol. The smallest absolute Gasteiger partial charge is 0.282 e. The second kappa shape index (κ2) is 8.90. The molecule has 0 amide bonds. The van der Waals surface area contributed by atoms with Crippen LogP contribution in [0.25, 0.3) is 0 Å². The van der Waals surface area contributed by atoms with Crippen molar-refractivity contribution in [2.45, 2.75) is 28.6 Å². The van der Waals surface area contributed by atoms with Gasteiger partial charge in [-0.1, -0.05) is 46.4 Å². The number of hydrogen-bond acceptors (Lipinski definition) is 4. The molecule has 2 rings (SSSR count). The summed E-state index contributed by atoms with van der Waals surface area (Å²) >= 11 is 22.4. The molecule has 0 radical (unpaired) electrons. The Morgan fingerprint density at radius 2 is 0.939 bits per heavy atom. The van der Waals surface area contributed by atoms with Crippen LogP contribution < -0.4 is 0 Å². The van der Waals surface area contributed by atoms with Crippen LogP contribution in [0.15, 0.2) is 21.9 Å². The number of alkyl halides is 6. The summed E-state index contributed by atoms with van der Waals surface area (Å²) in [4.78, 5) is -2.88. The van der Waals surface area contributed by atoms with E-state index in [1.54, 1.807) is 0 Å². The van der Waals surface area contributed by atoms with Crippen LogP contribution >= 0.6 is 46.4 Å². The minimum atomic E-state index is -5.37. The van der Waals surface area contributed by atoms with Crippen LogP contribution in [0.1, 0.15) is 22.3 Å². The lowest BCUT2D eigenvalue weighted by atomic mass is 9.95. The molecule has 184 valence electrons. The third kappa shape index (κ3) is 5.81. The molecule has 0 heterocycles. The highest BCUT2D eigenvalue weighted by molar-refractivity contribution is 7.86. The molecule has 33 heavy (non-hydrogen) atoms. The van der Waals surface area contributed by atoms with Crippen molar-refractivity contribution in [1.82, 2.24) is 0 Å². The van der Waals surface area contributed by atoms with Gasteiger partial charge in [0.25, 0.3) is 20.2 Å². The van der Waals surface area contributed by atoms with E-state index in [0.717, 1.165) is 0 Å². The molecule has 0 saturated carbocycles. The third-order valence-electron chi connectivity index (χ3n) is 4.04. The van der Waals surface area contributed by atoms with Gasteiger partial charge in [-0.15, -0.1) is 0 Å². The van der Waals surface area contributed by atoms with Crippen molar-refractivity contribution in [2.75, 3.05) is 0 Å². The predicted molar refractivity (Wildman–Crippen MR) is 105 cm³/mol. The van der Waals surface area contributed by atoms with Crippen molar-refractivity contribution in [3.8, 4) is 0 Å². The molecule has 2 aromatic carbocycles. The van der Waals surface area contributed by atoms with Gasteiger partial charge >= 0.3 is 12.4 Å².